The summed E-state index contributed by atoms with van der Waals surface area (Å²) < 4.78 is 6.91. The molecule has 28 heavy (non-hydrogen) atoms. The number of nitrogens with zero attached hydrogens (tertiary/aromatic N) is 4. The van der Waals surface area contributed by atoms with Crippen LogP contribution in [0.4, 0.5) is 5.82 Å². The molecule has 1 unspecified atom stereocenters. The van der Waals surface area contributed by atoms with Gasteiger partial charge >= 0.3 is 0 Å². The predicted octanol–water partition coefficient (Wildman–Crippen LogP) is 2.14. The molecule has 0 radical (unpaired) electrons. The van der Waals surface area contributed by atoms with Gasteiger partial charge in [0.15, 0.2) is 0 Å². The highest BCUT2D eigenvalue weighted by Crippen LogP contribution is 2.36. The molecule has 4 N–H and O–H groups in total. The van der Waals surface area contributed by atoms with E-state index in [0.29, 0.717) is 10.6 Å². The third-order valence-electron chi connectivity index (χ3n) is 4.92. The Hall–Kier alpha value is -2.56. The zero-order valence-electron chi connectivity index (χ0n) is 15.6. The standard InChI is InChI=1S/C18H22N6O3S/c1-9(25)24-6-5-13(23-24)14-8-12-16(20-10-3-4-11(7-10)27-2)21-17(15(19)26)22-18(12)28-14/h5-6,8-11,25H,3-4,7H2,1-2H3,(H2,19,26)(H,20,21,22)/t9?,10-,11+/m1/s1. The Morgan fingerprint density at radius 2 is 2.29 bits per heavy atom. The van der Waals surface area contributed by atoms with Crippen LogP contribution in [-0.2, 0) is 4.74 Å². The summed E-state index contributed by atoms with van der Waals surface area (Å²) in [6, 6.07) is 3.99. The molecule has 1 saturated carbocycles. The number of aliphatic hydroxyl groups excluding tert-OH is 1. The number of hydrogen-bond donors (Lipinski definition) is 3. The van der Waals surface area contributed by atoms with Crippen molar-refractivity contribution in [1.29, 1.82) is 0 Å². The molecule has 3 heterocycles. The SMILES string of the molecule is CO[C@H]1CC[C@@H](Nc2nc(C(N)=O)nc3sc(-c4ccn(C(C)O)n4)cc23)C1. The third-order valence-corrected chi connectivity index (χ3v) is 5.97. The van der Waals surface area contributed by atoms with Crippen LogP contribution in [0, 0.1) is 0 Å². The molecule has 3 atom stereocenters. The summed E-state index contributed by atoms with van der Waals surface area (Å²) in [6.45, 7) is 1.64. The summed E-state index contributed by atoms with van der Waals surface area (Å²) in [5, 5.41) is 18.3. The van der Waals surface area contributed by atoms with E-state index in [4.69, 9.17) is 10.5 Å². The van der Waals surface area contributed by atoms with Crippen molar-refractivity contribution in [2.24, 2.45) is 5.73 Å². The molecule has 1 amide bonds. The topological polar surface area (TPSA) is 128 Å². The van der Waals surface area contributed by atoms with E-state index in [1.54, 1.807) is 20.2 Å². The zero-order chi connectivity index (χ0) is 19.8. The lowest BCUT2D eigenvalue weighted by atomic mass is 10.2. The summed E-state index contributed by atoms with van der Waals surface area (Å²) in [5.74, 6) is -0.0864. The Morgan fingerprint density at radius 1 is 1.46 bits per heavy atom. The van der Waals surface area contributed by atoms with Crippen LogP contribution in [0.1, 0.15) is 43.0 Å². The number of hydrogen-bond acceptors (Lipinski definition) is 8. The van der Waals surface area contributed by atoms with E-state index < -0.39 is 12.1 Å². The number of rotatable bonds is 6. The molecular weight excluding hydrogens is 380 g/mol. The first-order chi connectivity index (χ1) is 13.4. The predicted molar refractivity (Wildman–Crippen MR) is 106 cm³/mol. The number of thiophene rings is 1. The maximum absolute atomic E-state index is 11.7. The number of ether oxygens (including phenoxy) is 1. The Morgan fingerprint density at radius 3 is 2.93 bits per heavy atom. The minimum Gasteiger partial charge on any atom is -0.381 e. The van der Waals surface area contributed by atoms with Gasteiger partial charge in [-0.15, -0.1) is 11.3 Å². The minimum atomic E-state index is -0.710. The van der Waals surface area contributed by atoms with Gasteiger partial charge in [-0.25, -0.2) is 14.6 Å². The Balaban J connectivity index is 1.72. The van der Waals surface area contributed by atoms with Gasteiger partial charge in [-0.1, -0.05) is 0 Å². The van der Waals surface area contributed by atoms with Crippen LogP contribution in [0.2, 0.25) is 0 Å². The van der Waals surface area contributed by atoms with E-state index in [-0.39, 0.29) is 18.0 Å². The van der Waals surface area contributed by atoms with Gasteiger partial charge in [0.1, 0.15) is 22.6 Å². The van der Waals surface area contributed by atoms with Crippen LogP contribution >= 0.6 is 11.3 Å². The number of carbonyl (C=O) groups excluding carboxylic acids is 1. The number of fused-ring (bicyclic) bond motifs is 1. The third kappa shape index (κ3) is 3.58. The van der Waals surface area contributed by atoms with E-state index in [0.717, 1.165) is 35.2 Å². The van der Waals surface area contributed by atoms with Gasteiger partial charge in [-0.05, 0) is 38.3 Å². The highest BCUT2D eigenvalue weighted by atomic mass is 32.1. The minimum absolute atomic E-state index is 0.0146. The molecule has 0 aromatic carbocycles. The highest BCUT2D eigenvalue weighted by Gasteiger charge is 2.26. The van der Waals surface area contributed by atoms with Crippen molar-refractivity contribution in [3.63, 3.8) is 0 Å². The van der Waals surface area contributed by atoms with Crippen LogP contribution in [0.3, 0.4) is 0 Å². The van der Waals surface area contributed by atoms with E-state index in [1.165, 1.54) is 16.0 Å². The summed E-state index contributed by atoms with van der Waals surface area (Å²) >= 11 is 1.40. The van der Waals surface area contributed by atoms with Gasteiger partial charge < -0.3 is 20.9 Å². The first-order valence-electron chi connectivity index (χ1n) is 9.09. The van der Waals surface area contributed by atoms with Crippen LogP contribution in [-0.4, -0.2) is 50.0 Å². The summed E-state index contributed by atoms with van der Waals surface area (Å²) in [6.07, 6.45) is 4.06. The van der Waals surface area contributed by atoms with Gasteiger partial charge in [-0.2, -0.15) is 5.10 Å². The second-order valence-electron chi connectivity index (χ2n) is 6.91. The Labute approximate surface area is 165 Å². The molecule has 1 aliphatic carbocycles. The second-order valence-corrected chi connectivity index (χ2v) is 7.95. The van der Waals surface area contributed by atoms with Gasteiger partial charge in [0.05, 0.1) is 16.4 Å². The molecule has 3 aromatic rings. The molecule has 9 nitrogen and oxygen atoms in total. The molecule has 0 saturated heterocycles. The number of primary amides is 1. The Bertz CT molecular complexity index is 1010. The van der Waals surface area contributed by atoms with E-state index in [2.05, 4.69) is 20.4 Å². The molecule has 4 rings (SSSR count). The maximum atomic E-state index is 11.7. The van der Waals surface area contributed by atoms with E-state index in [9.17, 15) is 9.90 Å². The number of carbonyl (C=O) groups is 1. The number of nitrogens with one attached hydrogen (secondary N) is 1. The van der Waals surface area contributed by atoms with Crippen LogP contribution in [0.25, 0.3) is 20.8 Å². The van der Waals surface area contributed by atoms with Crippen LogP contribution < -0.4 is 11.1 Å². The molecule has 1 aliphatic rings. The molecule has 0 aliphatic heterocycles. The lowest BCUT2D eigenvalue weighted by molar-refractivity contribution is 0.0990. The summed E-state index contributed by atoms with van der Waals surface area (Å²) in [5.41, 5.74) is 6.15. The molecular formula is C18H22N6O3S. The van der Waals surface area contributed by atoms with Crippen molar-refractivity contribution in [2.75, 3.05) is 12.4 Å². The zero-order valence-corrected chi connectivity index (χ0v) is 16.4. The summed E-state index contributed by atoms with van der Waals surface area (Å²) in [7, 11) is 1.72. The number of aromatic nitrogens is 4. The molecule has 1 fully saturated rings. The fourth-order valence-corrected chi connectivity index (χ4v) is 4.42. The van der Waals surface area contributed by atoms with Gasteiger partial charge in [-0.3, -0.25) is 4.79 Å². The van der Waals surface area contributed by atoms with E-state index >= 15 is 0 Å². The number of nitrogens with two attached hydrogens (primary N) is 1. The van der Waals surface area contributed by atoms with Gasteiger partial charge in [0.2, 0.25) is 5.82 Å². The van der Waals surface area contributed by atoms with Crippen molar-refractivity contribution in [3.8, 4) is 10.6 Å². The maximum Gasteiger partial charge on any atom is 0.286 e. The van der Waals surface area contributed by atoms with Crippen LogP contribution in [0.15, 0.2) is 18.3 Å². The van der Waals surface area contributed by atoms with Crippen molar-refractivity contribution >= 4 is 33.3 Å². The number of aliphatic hydroxyl groups is 1. The fourth-order valence-electron chi connectivity index (χ4n) is 3.42. The van der Waals surface area contributed by atoms with Crippen molar-refractivity contribution in [3.05, 3.63) is 24.2 Å². The first-order valence-corrected chi connectivity index (χ1v) is 9.90. The average molecular weight is 402 g/mol. The smallest absolute Gasteiger partial charge is 0.286 e. The molecule has 148 valence electrons. The fraction of sp³-hybridized carbons (Fsp3) is 0.444. The number of methoxy groups -OCH3 is 1. The highest BCUT2D eigenvalue weighted by molar-refractivity contribution is 7.21. The lowest BCUT2D eigenvalue weighted by Gasteiger charge is -2.14. The molecule has 0 spiro atoms. The van der Waals surface area contributed by atoms with E-state index in [1.807, 2.05) is 12.1 Å². The molecule has 0 bridgehead atoms. The first kappa shape index (κ1) is 18.8. The quantitative estimate of drug-likeness (QED) is 0.576. The normalized spacial score (nSPS) is 20.5. The van der Waals surface area contributed by atoms with Crippen molar-refractivity contribution in [2.45, 2.75) is 44.6 Å². The monoisotopic (exact) mass is 402 g/mol. The molecule has 3 aromatic heterocycles. The largest absolute Gasteiger partial charge is 0.381 e. The van der Waals surface area contributed by atoms with Crippen LogP contribution in [0.5, 0.6) is 0 Å². The average Bonchev–Trinajstić information content (AvgIpc) is 3.39. The molecule has 10 heteroatoms. The number of anilines is 1. The van der Waals surface area contributed by atoms with Gasteiger partial charge in [0.25, 0.3) is 5.91 Å². The number of amides is 1. The van der Waals surface area contributed by atoms with Gasteiger partial charge in [0, 0.05) is 19.3 Å². The Kier molecular flexibility index (Phi) is 5.00. The van der Waals surface area contributed by atoms with Crippen molar-refractivity contribution in [1.82, 2.24) is 19.7 Å². The summed E-state index contributed by atoms with van der Waals surface area (Å²) in [4.78, 5) is 21.9. The lowest BCUT2D eigenvalue weighted by Crippen LogP contribution is -2.21. The van der Waals surface area contributed by atoms with Crippen molar-refractivity contribution < 1.29 is 14.6 Å². The second kappa shape index (κ2) is 7.46.